The molecule has 0 amide bonds. The Hall–Kier alpha value is -1.99. The predicted octanol–water partition coefficient (Wildman–Crippen LogP) is 1.96. The van der Waals surface area contributed by atoms with Crippen LogP contribution in [0, 0.1) is 15.9 Å². The summed E-state index contributed by atoms with van der Waals surface area (Å²) in [5.41, 5.74) is 4.17. The van der Waals surface area contributed by atoms with Crippen LogP contribution in [-0.2, 0) is 0 Å². The van der Waals surface area contributed by atoms with Crippen molar-refractivity contribution in [3.8, 4) is 5.75 Å². The molecular weight excluding hydrogens is 229 g/mol. The molecule has 0 heterocycles. The summed E-state index contributed by atoms with van der Waals surface area (Å²) < 4.78 is 41.1. The number of nitrogen functional groups attached to an aromatic ring is 1. The van der Waals surface area contributed by atoms with E-state index in [1.165, 1.54) is 0 Å². The van der Waals surface area contributed by atoms with Gasteiger partial charge in [-0.1, -0.05) is 0 Å². The van der Waals surface area contributed by atoms with Gasteiger partial charge in [0, 0.05) is 12.1 Å². The zero-order valence-electron chi connectivity index (χ0n) is 7.82. The molecule has 1 rings (SSSR count). The van der Waals surface area contributed by atoms with Crippen molar-refractivity contribution >= 4 is 11.4 Å². The van der Waals surface area contributed by atoms with Gasteiger partial charge in [-0.05, 0) is 0 Å². The van der Waals surface area contributed by atoms with Crippen LogP contribution in [0.5, 0.6) is 5.75 Å². The maximum absolute atomic E-state index is 13.0. The van der Waals surface area contributed by atoms with Crippen molar-refractivity contribution in [1.82, 2.24) is 0 Å². The molecule has 0 spiro atoms. The molecule has 8 heteroatoms. The number of nitrogens with zero attached hydrogens (tertiary/aromatic N) is 1. The van der Waals surface area contributed by atoms with Crippen LogP contribution in [0.2, 0.25) is 0 Å². The Bertz CT molecular complexity index is 412. The zero-order chi connectivity index (χ0) is 12.3. The normalized spacial score (nSPS) is 10.5. The van der Waals surface area contributed by atoms with E-state index in [1.807, 2.05) is 0 Å². The minimum absolute atomic E-state index is 0.270. The topological polar surface area (TPSA) is 78.4 Å². The molecule has 0 saturated heterocycles. The van der Waals surface area contributed by atoms with E-state index < -0.39 is 29.5 Å². The Morgan fingerprint density at radius 2 is 2.12 bits per heavy atom. The summed E-state index contributed by atoms with van der Waals surface area (Å²) in [6, 6.07) is 1.33. The van der Waals surface area contributed by atoms with Crippen LogP contribution < -0.4 is 10.5 Å². The number of benzene rings is 1. The van der Waals surface area contributed by atoms with E-state index in [1.54, 1.807) is 0 Å². The molecule has 0 saturated carbocycles. The number of anilines is 1. The summed E-state index contributed by atoms with van der Waals surface area (Å²) in [5, 5.41) is 10.3. The molecule has 1 aromatic rings. The van der Waals surface area contributed by atoms with Gasteiger partial charge in [-0.2, -0.15) is 4.39 Å². The standard InChI is InChI=1S/C8H7F3N2O3/c9-4-1-7(16-3-8(10)11)5(12)2-6(4)13(14)15/h1-2,8H,3,12H2. The first-order valence-corrected chi connectivity index (χ1v) is 4.06. The lowest BCUT2D eigenvalue weighted by Gasteiger charge is -2.08. The minimum atomic E-state index is -2.74. The zero-order valence-corrected chi connectivity index (χ0v) is 7.82. The van der Waals surface area contributed by atoms with Crippen LogP contribution in [0.15, 0.2) is 12.1 Å². The lowest BCUT2D eigenvalue weighted by molar-refractivity contribution is -0.387. The van der Waals surface area contributed by atoms with Gasteiger partial charge in [-0.25, -0.2) is 8.78 Å². The smallest absolute Gasteiger partial charge is 0.307 e. The largest absolute Gasteiger partial charge is 0.485 e. The third kappa shape index (κ3) is 2.75. The van der Waals surface area contributed by atoms with E-state index in [9.17, 15) is 23.3 Å². The molecule has 0 aliphatic heterocycles. The molecule has 0 radical (unpaired) electrons. The number of rotatable bonds is 4. The third-order valence-corrected chi connectivity index (χ3v) is 1.64. The van der Waals surface area contributed by atoms with Gasteiger partial charge in [0.15, 0.2) is 0 Å². The number of ether oxygens (including phenoxy) is 1. The van der Waals surface area contributed by atoms with Gasteiger partial charge in [0.05, 0.1) is 10.6 Å². The van der Waals surface area contributed by atoms with Crippen LogP contribution in [-0.4, -0.2) is 18.0 Å². The number of nitro groups is 1. The summed E-state index contributed by atoms with van der Waals surface area (Å²) in [7, 11) is 0. The van der Waals surface area contributed by atoms with Gasteiger partial charge in [-0.3, -0.25) is 10.1 Å². The van der Waals surface area contributed by atoms with Gasteiger partial charge >= 0.3 is 5.69 Å². The van der Waals surface area contributed by atoms with Crippen molar-refractivity contribution in [3.05, 3.63) is 28.1 Å². The van der Waals surface area contributed by atoms with Crippen molar-refractivity contribution in [3.63, 3.8) is 0 Å². The van der Waals surface area contributed by atoms with Crippen molar-refractivity contribution in [2.45, 2.75) is 6.43 Å². The highest BCUT2D eigenvalue weighted by Crippen LogP contribution is 2.29. The summed E-state index contributed by atoms with van der Waals surface area (Å²) in [5.74, 6) is -1.54. The second-order valence-electron chi connectivity index (χ2n) is 2.80. The van der Waals surface area contributed by atoms with Crippen molar-refractivity contribution in [1.29, 1.82) is 0 Å². The van der Waals surface area contributed by atoms with Gasteiger partial charge in [0.25, 0.3) is 6.43 Å². The molecule has 88 valence electrons. The summed E-state index contributed by atoms with van der Waals surface area (Å²) in [6.45, 7) is -0.957. The van der Waals surface area contributed by atoms with Crippen LogP contribution in [0.1, 0.15) is 0 Å². The van der Waals surface area contributed by atoms with Crippen LogP contribution in [0.4, 0.5) is 24.5 Å². The number of hydrogen-bond donors (Lipinski definition) is 1. The van der Waals surface area contributed by atoms with E-state index in [0.29, 0.717) is 6.07 Å². The minimum Gasteiger partial charge on any atom is -0.485 e. The Balaban J connectivity index is 2.96. The van der Waals surface area contributed by atoms with Crippen molar-refractivity contribution in [2.75, 3.05) is 12.3 Å². The quantitative estimate of drug-likeness (QED) is 0.492. The van der Waals surface area contributed by atoms with Gasteiger partial charge < -0.3 is 10.5 Å². The SMILES string of the molecule is Nc1cc([N+](=O)[O-])c(F)cc1OCC(F)F. The summed E-state index contributed by atoms with van der Waals surface area (Å²) in [4.78, 5) is 9.33. The molecule has 0 unspecified atom stereocenters. The number of halogens is 3. The van der Waals surface area contributed by atoms with E-state index in [-0.39, 0.29) is 11.4 Å². The molecule has 2 N–H and O–H groups in total. The lowest BCUT2D eigenvalue weighted by atomic mass is 10.2. The molecule has 0 aliphatic rings. The molecular formula is C8H7F3N2O3. The van der Waals surface area contributed by atoms with E-state index in [4.69, 9.17) is 5.73 Å². The van der Waals surface area contributed by atoms with Gasteiger partial charge in [0.2, 0.25) is 5.82 Å². The average Bonchev–Trinajstić information content (AvgIpc) is 2.18. The first-order chi connectivity index (χ1) is 7.41. The molecule has 0 atom stereocenters. The highest BCUT2D eigenvalue weighted by Gasteiger charge is 2.18. The van der Waals surface area contributed by atoms with E-state index in [2.05, 4.69) is 4.74 Å². The molecule has 0 aromatic heterocycles. The summed E-state index contributed by atoms with van der Waals surface area (Å²) in [6.07, 6.45) is -2.74. The molecule has 0 fully saturated rings. The van der Waals surface area contributed by atoms with Gasteiger partial charge in [-0.15, -0.1) is 0 Å². The van der Waals surface area contributed by atoms with Gasteiger partial charge in [0.1, 0.15) is 12.4 Å². The Morgan fingerprint density at radius 3 is 2.62 bits per heavy atom. The molecule has 0 bridgehead atoms. The fourth-order valence-corrected chi connectivity index (χ4v) is 0.977. The predicted molar refractivity (Wildman–Crippen MR) is 49.0 cm³/mol. The number of nitrogens with two attached hydrogens (primary N) is 1. The number of hydrogen-bond acceptors (Lipinski definition) is 4. The lowest BCUT2D eigenvalue weighted by Crippen LogP contribution is -2.09. The van der Waals surface area contributed by atoms with E-state index in [0.717, 1.165) is 6.07 Å². The van der Waals surface area contributed by atoms with Crippen LogP contribution in [0.25, 0.3) is 0 Å². The van der Waals surface area contributed by atoms with Crippen LogP contribution >= 0.6 is 0 Å². The highest BCUT2D eigenvalue weighted by atomic mass is 19.3. The highest BCUT2D eigenvalue weighted by molar-refractivity contribution is 5.58. The second kappa shape index (κ2) is 4.69. The monoisotopic (exact) mass is 236 g/mol. The fraction of sp³-hybridized carbons (Fsp3) is 0.250. The molecule has 5 nitrogen and oxygen atoms in total. The number of nitro benzene ring substituents is 1. The van der Waals surface area contributed by atoms with E-state index >= 15 is 0 Å². The fourth-order valence-electron chi connectivity index (χ4n) is 0.977. The molecule has 0 aliphatic carbocycles. The second-order valence-corrected chi connectivity index (χ2v) is 2.80. The molecule has 1 aromatic carbocycles. The Morgan fingerprint density at radius 1 is 1.50 bits per heavy atom. The first kappa shape index (κ1) is 12.1. The average molecular weight is 236 g/mol. The Labute approximate surface area is 87.8 Å². The van der Waals surface area contributed by atoms with Crippen LogP contribution in [0.3, 0.4) is 0 Å². The van der Waals surface area contributed by atoms with Crippen molar-refractivity contribution < 1.29 is 22.8 Å². The van der Waals surface area contributed by atoms with Crippen molar-refractivity contribution in [2.24, 2.45) is 0 Å². The first-order valence-electron chi connectivity index (χ1n) is 4.06. The third-order valence-electron chi connectivity index (χ3n) is 1.64. The molecule has 16 heavy (non-hydrogen) atoms. The maximum Gasteiger partial charge on any atom is 0.307 e. The summed E-state index contributed by atoms with van der Waals surface area (Å²) >= 11 is 0. The maximum atomic E-state index is 13.0. The Kier molecular flexibility index (Phi) is 3.54. The number of alkyl halides is 2.